The molecule has 0 aliphatic carbocycles. The van der Waals surface area contributed by atoms with Crippen molar-refractivity contribution in [3.8, 4) is 0 Å². The van der Waals surface area contributed by atoms with Gasteiger partial charge in [-0.25, -0.2) is 0 Å². The molecule has 6 heteroatoms. The zero-order chi connectivity index (χ0) is 16.1. The highest BCUT2D eigenvalue weighted by atomic mass is 15.6. The number of nitrogens with two attached hydrogens (primary N) is 1. The molecule has 0 aliphatic rings. The molecule has 0 saturated carbocycles. The molecule has 2 aromatic carbocycles. The van der Waals surface area contributed by atoms with Crippen LogP contribution >= 0.6 is 0 Å². The lowest BCUT2D eigenvalue weighted by Crippen LogP contribution is -2.10. The molecule has 0 unspecified atom stereocenters. The number of nitrogens with one attached hydrogen (secondary N) is 1. The van der Waals surface area contributed by atoms with Gasteiger partial charge in [-0.2, -0.15) is 15.0 Å². The third kappa shape index (κ3) is 2.19. The molecule has 0 fully saturated rings. The average molecular weight is 306 g/mol. The third-order valence-electron chi connectivity index (χ3n) is 4.13. The van der Waals surface area contributed by atoms with Crippen LogP contribution in [0.2, 0.25) is 0 Å². The van der Waals surface area contributed by atoms with Crippen molar-refractivity contribution in [2.24, 2.45) is 7.05 Å². The van der Waals surface area contributed by atoms with Crippen LogP contribution < -0.4 is 11.2 Å². The smallest absolute Gasteiger partial charge is 0.0975 e. The van der Waals surface area contributed by atoms with Crippen LogP contribution in [0.25, 0.3) is 21.8 Å². The number of hydrogen-bond acceptors (Lipinski definition) is 4. The lowest BCUT2D eigenvalue weighted by molar-refractivity contribution is 0.779. The maximum absolute atomic E-state index is 5.91. The molecule has 0 saturated heterocycles. The molecule has 4 rings (SSSR count). The van der Waals surface area contributed by atoms with Gasteiger partial charge in [0.1, 0.15) is 0 Å². The molecule has 23 heavy (non-hydrogen) atoms. The van der Waals surface area contributed by atoms with E-state index in [2.05, 4.69) is 22.5 Å². The highest BCUT2D eigenvalue weighted by molar-refractivity contribution is 5.87. The molecule has 0 amide bonds. The number of nitrogens with zero attached hydrogens (tertiary/aromatic N) is 4. The highest BCUT2D eigenvalue weighted by Crippen LogP contribution is 2.25. The van der Waals surface area contributed by atoms with Crippen LogP contribution in [0, 0.1) is 13.8 Å². The normalized spacial score (nSPS) is 11.4. The van der Waals surface area contributed by atoms with E-state index in [9.17, 15) is 0 Å². The number of aryl methyl sites for hydroxylation is 3. The molecule has 0 aliphatic heterocycles. The van der Waals surface area contributed by atoms with Crippen molar-refractivity contribution in [2.45, 2.75) is 13.8 Å². The van der Waals surface area contributed by atoms with Crippen LogP contribution in [0.15, 0.2) is 36.7 Å². The Balaban J connectivity index is 1.78. The van der Waals surface area contributed by atoms with Gasteiger partial charge in [-0.05, 0) is 49.2 Å². The van der Waals surface area contributed by atoms with Crippen molar-refractivity contribution in [1.82, 2.24) is 19.7 Å². The van der Waals surface area contributed by atoms with Gasteiger partial charge in [-0.3, -0.25) is 10.1 Å². The second kappa shape index (κ2) is 4.74. The quantitative estimate of drug-likeness (QED) is 0.558. The van der Waals surface area contributed by atoms with Crippen molar-refractivity contribution < 1.29 is 0 Å². The number of hydrogen-bond donors (Lipinski definition) is 2. The van der Waals surface area contributed by atoms with Crippen LogP contribution in [0.3, 0.4) is 0 Å². The van der Waals surface area contributed by atoms with Crippen LogP contribution in [0.1, 0.15) is 11.1 Å². The van der Waals surface area contributed by atoms with Crippen LogP contribution in [0.4, 0.5) is 11.4 Å². The minimum atomic E-state index is 0.752. The Bertz CT molecular complexity index is 1040. The minimum absolute atomic E-state index is 0.752. The van der Waals surface area contributed by atoms with Crippen molar-refractivity contribution in [3.05, 3.63) is 47.8 Å². The van der Waals surface area contributed by atoms with Crippen LogP contribution in [0.5, 0.6) is 0 Å². The van der Waals surface area contributed by atoms with Gasteiger partial charge >= 0.3 is 0 Å². The van der Waals surface area contributed by atoms with Gasteiger partial charge < -0.3 is 5.73 Å². The molecule has 0 bridgehead atoms. The first-order chi connectivity index (χ1) is 11.0. The predicted molar refractivity (Wildman–Crippen MR) is 93.4 cm³/mol. The summed E-state index contributed by atoms with van der Waals surface area (Å²) in [5.74, 6) is 0. The largest absolute Gasteiger partial charge is 0.399 e. The van der Waals surface area contributed by atoms with E-state index in [1.807, 2.05) is 55.3 Å². The summed E-state index contributed by atoms with van der Waals surface area (Å²) in [4.78, 5) is 1.74. The Hall–Kier alpha value is -3.02. The minimum Gasteiger partial charge on any atom is -0.399 e. The third-order valence-corrected chi connectivity index (χ3v) is 4.13. The maximum Gasteiger partial charge on any atom is 0.0975 e. The number of rotatable bonds is 2. The van der Waals surface area contributed by atoms with Crippen molar-refractivity contribution >= 4 is 33.2 Å². The molecule has 0 spiro atoms. The summed E-state index contributed by atoms with van der Waals surface area (Å²) in [7, 11) is 1.93. The fourth-order valence-electron chi connectivity index (χ4n) is 2.99. The summed E-state index contributed by atoms with van der Waals surface area (Å²) in [6.45, 7) is 4.10. The fourth-order valence-corrected chi connectivity index (χ4v) is 2.99. The highest BCUT2D eigenvalue weighted by Gasteiger charge is 2.09. The molecule has 0 radical (unpaired) electrons. The Morgan fingerprint density at radius 3 is 2.74 bits per heavy atom. The molecule has 0 atom stereocenters. The van der Waals surface area contributed by atoms with Gasteiger partial charge in [0.05, 0.1) is 22.9 Å². The van der Waals surface area contributed by atoms with Crippen molar-refractivity contribution in [1.29, 1.82) is 0 Å². The first-order valence-corrected chi connectivity index (χ1v) is 7.47. The van der Waals surface area contributed by atoms with E-state index in [0.29, 0.717) is 0 Å². The average Bonchev–Trinajstić information content (AvgIpc) is 3.05. The Morgan fingerprint density at radius 2 is 1.91 bits per heavy atom. The van der Waals surface area contributed by atoms with E-state index in [-0.39, 0.29) is 0 Å². The fraction of sp³-hybridized carbons (Fsp3) is 0.176. The van der Waals surface area contributed by atoms with E-state index in [0.717, 1.165) is 44.3 Å². The van der Waals surface area contributed by atoms with Crippen molar-refractivity contribution in [3.63, 3.8) is 0 Å². The van der Waals surface area contributed by atoms with Gasteiger partial charge in [0.25, 0.3) is 0 Å². The number of nitrogen functional groups attached to an aromatic ring is 1. The van der Waals surface area contributed by atoms with Gasteiger partial charge in [-0.1, -0.05) is 0 Å². The van der Waals surface area contributed by atoms with Gasteiger partial charge in [0, 0.05) is 29.7 Å². The summed E-state index contributed by atoms with van der Waals surface area (Å²) in [5, 5.41) is 11.2. The lowest BCUT2D eigenvalue weighted by Gasteiger charge is -2.09. The number of aromatic nitrogens is 4. The van der Waals surface area contributed by atoms with E-state index < -0.39 is 0 Å². The number of anilines is 2. The zero-order valence-corrected chi connectivity index (χ0v) is 13.3. The Kier molecular flexibility index (Phi) is 2.81. The molecule has 3 N–H and O–H groups in total. The van der Waals surface area contributed by atoms with Gasteiger partial charge in [0.2, 0.25) is 0 Å². The number of fused-ring (bicyclic) bond motifs is 2. The van der Waals surface area contributed by atoms with E-state index in [1.165, 1.54) is 0 Å². The van der Waals surface area contributed by atoms with E-state index >= 15 is 0 Å². The van der Waals surface area contributed by atoms with Crippen molar-refractivity contribution in [2.75, 3.05) is 11.2 Å². The van der Waals surface area contributed by atoms with Gasteiger partial charge in [0.15, 0.2) is 0 Å². The molecular weight excluding hydrogens is 288 g/mol. The SMILES string of the molecule is Cc1c(Nn2cc3cc(N)cc(C)c3n2)ccc2nn(C)cc12. The topological polar surface area (TPSA) is 73.7 Å². The second-order valence-electron chi connectivity index (χ2n) is 5.93. The summed E-state index contributed by atoms with van der Waals surface area (Å²) >= 11 is 0. The molecule has 4 aromatic rings. The first-order valence-electron chi connectivity index (χ1n) is 7.47. The first kappa shape index (κ1) is 13.6. The molecule has 116 valence electrons. The van der Waals surface area contributed by atoms with Gasteiger partial charge in [-0.15, -0.1) is 0 Å². The maximum atomic E-state index is 5.91. The summed E-state index contributed by atoms with van der Waals surface area (Å²) in [6.07, 6.45) is 3.98. The Morgan fingerprint density at radius 1 is 1.09 bits per heavy atom. The Labute approximate surface area is 133 Å². The molecule has 2 aromatic heterocycles. The molecule has 6 nitrogen and oxygen atoms in total. The standard InChI is InChI=1S/C17H18N6/c1-10-6-13(18)7-12-8-23(21-17(10)12)20-15-4-5-16-14(11(15)2)9-22(3)19-16/h4-9,20H,18H2,1-3H3. The summed E-state index contributed by atoms with van der Waals surface area (Å²) < 4.78 is 1.83. The number of benzene rings is 2. The van der Waals surface area contributed by atoms with Crippen LogP contribution in [-0.4, -0.2) is 19.7 Å². The van der Waals surface area contributed by atoms with E-state index in [4.69, 9.17) is 5.73 Å². The summed E-state index contributed by atoms with van der Waals surface area (Å²) in [5.41, 5.74) is 15.2. The van der Waals surface area contributed by atoms with E-state index in [1.54, 1.807) is 4.79 Å². The summed E-state index contributed by atoms with van der Waals surface area (Å²) in [6, 6.07) is 7.91. The molecular formula is C17H18N6. The predicted octanol–water partition coefficient (Wildman–Crippen LogP) is 3.00. The zero-order valence-electron chi connectivity index (χ0n) is 13.3. The monoisotopic (exact) mass is 306 g/mol. The second-order valence-corrected chi connectivity index (χ2v) is 5.93. The molecule has 2 heterocycles. The lowest BCUT2D eigenvalue weighted by atomic mass is 10.1. The van der Waals surface area contributed by atoms with Crippen LogP contribution in [-0.2, 0) is 7.05 Å².